The number of carbonyl (C=O) groups is 1. The van der Waals surface area contributed by atoms with Crippen molar-refractivity contribution in [2.45, 2.75) is 6.18 Å². The smallest absolute Gasteiger partial charge is 0.378 e. The molecule has 0 fully saturated rings. The lowest BCUT2D eigenvalue weighted by molar-refractivity contribution is -0.384. The molecular formula is C18H14F4N6O3. The van der Waals surface area contributed by atoms with Crippen molar-refractivity contribution in [1.82, 2.24) is 20.3 Å². The summed E-state index contributed by atoms with van der Waals surface area (Å²) >= 11 is 0. The highest BCUT2D eigenvalue weighted by molar-refractivity contribution is 5.93. The van der Waals surface area contributed by atoms with E-state index >= 15 is 0 Å². The number of benzene rings is 2. The number of nitro groups is 1. The van der Waals surface area contributed by atoms with E-state index in [2.05, 4.69) is 20.9 Å². The molecule has 0 spiro atoms. The third-order valence-corrected chi connectivity index (χ3v) is 4.05. The number of hydrogen-bond acceptors (Lipinski definition) is 6. The number of carbonyl (C=O) groups excluding carboxylic acids is 1. The van der Waals surface area contributed by atoms with Gasteiger partial charge in [0.2, 0.25) is 0 Å². The van der Waals surface area contributed by atoms with E-state index in [1.54, 1.807) is 6.07 Å². The van der Waals surface area contributed by atoms with Gasteiger partial charge in [-0.15, -0.1) is 5.10 Å². The van der Waals surface area contributed by atoms with Gasteiger partial charge in [0, 0.05) is 19.2 Å². The molecule has 162 valence electrons. The van der Waals surface area contributed by atoms with E-state index in [4.69, 9.17) is 0 Å². The van der Waals surface area contributed by atoms with E-state index in [1.807, 2.05) is 0 Å². The summed E-state index contributed by atoms with van der Waals surface area (Å²) in [6, 6.07) is 9.82. The molecule has 9 nitrogen and oxygen atoms in total. The number of rotatable bonds is 7. The average Bonchev–Trinajstić information content (AvgIpc) is 3.17. The van der Waals surface area contributed by atoms with Gasteiger partial charge >= 0.3 is 6.18 Å². The zero-order chi connectivity index (χ0) is 22.6. The van der Waals surface area contributed by atoms with Crippen molar-refractivity contribution in [1.29, 1.82) is 0 Å². The number of nitrogens with one attached hydrogen (secondary N) is 2. The van der Waals surface area contributed by atoms with Gasteiger partial charge in [-0.05, 0) is 30.3 Å². The first-order valence-electron chi connectivity index (χ1n) is 8.73. The summed E-state index contributed by atoms with van der Waals surface area (Å²) < 4.78 is 54.2. The van der Waals surface area contributed by atoms with E-state index in [0.29, 0.717) is 4.68 Å². The number of nitrogens with zero attached hydrogens (tertiary/aromatic N) is 4. The van der Waals surface area contributed by atoms with Gasteiger partial charge in [0.05, 0.1) is 10.6 Å². The minimum atomic E-state index is -4.96. The van der Waals surface area contributed by atoms with Crippen molar-refractivity contribution < 1.29 is 27.3 Å². The normalized spacial score (nSPS) is 11.2. The molecule has 0 saturated heterocycles. The Labute approximate surface area is 171 Å². The van der Waals surface area contributed by atoms with E-state index in [1.165, 1.54) is 18.2 Å². The molecule has 1 aromatic heterocycles. The Morgan fingerprint density at radius 3 is 2.42 bits per heavy atom. The topological polar surface area (TPSA) is 115 Å². The second kappa shape index (κ2) is 8.77. The maximum absolute atomic E-state index is 13.6. The van der Waals surface area contributed by atoms with Gasteiger partial charge in [0.1, 0.15) is 11.5 Å². The molecule has 2 N–H and O–H groups in total. The number of anilines is 1. The first kappa shape index (κ1) is 21.7. The maximum atomic E-state index is 13.6. The zero-order valence-corrected chi connectivity index (χ0v) is 15.6. The molecule has 0 atom stereocenters. The van der Waals surface area contributed by atoms with E-state index < -0.39 is 34.2 Å². The lowest BCUT2D eigenvalue weighted by Crippen LogP contribution is -2.31. The lowest BCUT2D eigenvalue weighted by atomic mass is 10.2. The van der Waals surface area contributed by atoms with Crippen LogP contribution < -0.4 is 10.6 Å². The van der Waals surface area contributed by atoms with E-state index in [0.717, 1.165) is 24.3 Å². The van der Waals surface area contributed by atoms with Gasteiger partial charge in [-0.25, -0.2) is 9.07 Å². The Morgan fingerprint density at radius 1 is 1.10 bits per heavy atom. The minimum absolute atomic E-state index is 0.00401. The highest BCUT2D eigenvalue weighted by atomic mass is 19.4. The quantitative estimate of drug-likeness (QED) is 0.253. The second-order valence-electron chi connectivity index (χ2n) is 6.13. The van der Waals surface area contributed by atoms with Crippen LogP contribution in [0.3, 0.4) is 0 Å². The minimum Gasteiger partial charge on any atom is -0.378 e. The number of amides is 1. The van der Waals surface area contributed by atoms with Gasteiger partial charge in [-0.3, -0.25) is 14.9 Å². The second-order valence-corrected chi connectivity index (χ2v) is 6.13. The third-order valence-electron chi connectivity index (χ3n) is 4.05. The molecule has 3 rings (SSSR count). The maximum Gasteiger partial charge on any atom is 0.435 e. The van der Waals surface area contributed by atoms with Crippen LogP contribution in [-0.2, 0) is 6.18 Å². The molecule has 0 bridgehead atoms. The molecule has 1 amide bonds. The van der Waals surface area contributed by atoms with Gasteiger partial charge in [0.15, 0.2) is 11.4 Å². The Hall–Kier alpha value is -4.03. The van der Waals surface area contributed by atoms with Crippen LogP contribution in [0, 0.1) is 15.9 Å². The highest BCUT2D eigenvalue weighted by Crippen LogP contribution is 2.32. The van der Waals surface area contributed by atoms with Crippen molar-refractivity contribution >= 4 is 17.3 Å². The predicted molar refractivity (Wildman–Crippen MR) is 100 cm³/mol. The van der Waals surface area contributed by atoms with E-state index in [9.17, 15) is 32.5 Å². The van der Waals surface area contributed by atoms with Crippen LogP contribution in [0.1, 0.15) is 16.2 Å². The SMILES string of the molecule is O=C(NCCNc1ccccc1[N+](=O)[O-])c1nnn(-c2ccc(F)cc2)c1C(F)(F)F. The summed E-state index contributed by atoms with van der Waals surface area (Å²) in [5.74, 6) is -1.79. The van der Waals surface area contributed by atoms with Crippen molar-refractivity contribution in [2.24, 2.45) is 0 Å². The van der Waals surface area contributed by atoms with Crippen LogP contribution in [0.25, 0.3) is 5.69 Å². The van der Waals surface area contributed by atoms with Crippen molar-refractivity contribution in [2.75, 3.05) is 18.4 Å². The Balaban J connectivity index is 1.72. The fraction of sp³-hybridized carbons (Fsp3) is 0.167. The zero-order valence-electron chi connectivity index (χ0n) is 15.6. The number of halogens is 4. The Kier molecular flexibility index (Phi) is 6.13. The fourth-order valence-electron chi connectivity index (χ4n) is 2.69. The summed E-state index contributed by atoms with van der Waals surface area (Å²) in [6.45, 7) is -0.143. The Morgan fingerprint density at radius 2 is 1.77 bits per heavy atom. The number of aromatic nitrogens is 3. The standard InChI is InChI=1S/C18H14F4N6O3/c19-11-5-7-12(8-6-11)27-16(18(20,21)22)15(25-26-27)17(29)24-10-9-23-13-3-1-2-4-14(13)28(30)31/h1-8,23H,9-10H2,(H,24,29). The molecule has 0 aliphatic carbocycles. The lowest BCUT2D eigenvalue weighted by Gasteiger charge is -2.11. The van der Waals surface area contributed by atoms with Crippen LogP contribution in [0.4, 0.5) is 28.9 Å². The molecular weight excluding hydrogens is 424 g/mol. The molecule has 0 aliphatic heterocycles. The summed E-state index contributed by atoms with van der Waals surface area (Å²) in [4.78, 5) is 22.6. The van der Waals surface area contributed by atoms with Gasteiger partial charge in [0.25, 0.3) is 11.6 Å². The summed E-state index contributed by atoms with van der Waals surface area (Å²) in [5.41, 5.74) is -2.49. The van der Waals surface area contributed by atoms with Gasteiger partial charge in [-0.2, -0.15) is 13.2 Å². The largest absolute Gasteiger partial charge is 0.435 e. The first-order chi connectivity index (χ1) is 14.7. The summed E-state index contributed by atoms with van der Waals surface area (Å²) in [6.07, 6.45) is -4.96. The fourth-order valence-corrected chi connectivity index (χ4v) is 2.69. The van der Waals surface area contributed by atoms with Gasteiger partial charge in [-0.1, -0.05) is 17.3 Å². The van der Waals surface area contributed by atoms with Crippen LogP contribution in [-0.4, -0.2) is 38.9 Å². The molecule has 0 saturated carbocycles. The monoisotopic (exact) mass is 438 g/mol. The van der Waals surface area contributed by atoms with E-state index in [-0.39, 0.29) is 30.2 Å². The van der Waals surface area contributed by atoms with Crippen LogP contribution in [0.15, 0.2) is 48.5 Å². The average molecular weight is 438 g/mol. The molecule has 3 aromatic rings. The molecule has 0 unspecified atom stereocenters. The number of para-hydroxylation sites is 2. The Bertz CT molecular complexity index is 1100. The molecule has 31 heavy (non-hydrogen) atoms. The molecule has 13 heteroatoms. The summed E-state index contributed by atoms with van der Waals surface area (Å²) in [7, 11) is 0. The van der Waals surface area contributed by atoms with Crippen LogP contribution in [0.5, 0.6) is 0 Å². The van der Waals surface area contributed by atoms with Crippen LogP contribution >= 0.6 is 0 Å². The first-order valence-corrected chi connectivity index (χ1v) is 8.73. The van der Waals surface area contributed by atoms with Crippen molar-refractivity contribution in [3.05, 3.63) is 75.9 Å². The molecule has 1 heterocycles. The predicted octanol–water partition coefficient (Wildman–Crippen LogP) is 3.18. The highest BCUT2D eigenvalue weighted by Gasteiger charge is 2.42. The molecule has 0 radical (unpaired) electrons. The van der Waals surface area contributed by atoms with Crippen LogP contribution in [0.2, 0.25) is 0 Å². The molecule has 2 aromatic carbocycles. The number of alkyl halides is 3. The number of nitro benzene ring substituents is 1. The van der Waals surface area contributed by atoms with Gasteiger partial charge < -0.3 is 10.6 Å². The third kappa shape index (κ3) is 4.94. The number of hydrogen-bond donors (Lipinski definition) is 2. The van der Waals surface area contributed by atoms with Crippen molar-refractivity contribution in [3.8, 4) is 5.69 Å². The molecule has 0 aliphatic rings. The van der Waals surface area contributed by atoms with Crippen molar-refractivity contribution in [3.63, 3.8) is 0 Å². The summed E-state index contributed by atoms with van der Waals surface area (Å²) in [5, 5.41) is 22.7.